The highest BCUT2D eigenvalue weighted by molar-refractivity contribution is 6.42. The lowest BCUT2D eigenvalue weighted by atomic mass is 10.3. The maximum absolute atomic E-state index is 5.93. The van der Waals surface area contributed by atoms with E-state index in [1.807, 2.05) is 6.07 Å². The third kappa shape index (κ3) is 3.06. The van der Waals surface area contributed by atoms with Gasteiger partial charge in [-0.2, -0.15) is 0 Å². The van der Waals surface area contributed by atoms with Gasteiger partial charge in [0.05, 0.1) is 21.6 Å². The van der Waals surface area contributed by atoms with Gasteiger partial charge in [0.25, 0.3) is 0 Å². The van der Waals surface area contributed by atoms with Crippen molar-refractivity contribution in [2.24, 2.45) is 0 Å². The van der Waals surface area contributed by atoms with Gasteiger partial charge in [0.1, 0.15) is 6.61 Å². The summed E-state index contributed by atoms with van der Waals surface area (Å²) in [4.78, 5) is 0. The molecular formula is C11H9Cl3N2O. The van der Waals surface area contributed by atoms with Gasteiger partial charge in [0.2, 0.25) is 5.88 Å². The number of halogens is 3. The quantitative estimate of drug-likeness (QED) is 0.801. The van der Waals surface area contributed by atoms with Crippen molar-refractivity contribution in [1.29, 1.82) is 0 Å². The van der Waals surface area contributed by atoms with Gasteiger partial charge in [0.15, 0.2) is 0 Å². The Morgan fingerprint density at radius 2 is 2.00 bits per heavy atom. The maximum Gasteiger partial charge on any atom is 0.233 e. The fourth-order valence-electron chi connectivity index (χ4n) is 1.30. The van der Waals surface area contributed by atoms with Crippen LogP contribution in [0.2, 0.25) is 10.0 Å². The van der Waals surface area contributed by atoms with Gasteiger partial charge in [0, 0.05) is 12.3 Å². The molecule has 0 saturated heterocycles. The van der Waals surface area contributed by atoms with Crippen LogP contribution in [0.25, 0.3) is 5.69 Å². The molecule has 90 valence electrons. The first-order chi connectivity index (χ1) is 8.20. The van der Waals surface area contributed by atoms with Gasteiger partial charge < -0.3 is 4.74 Å². The van der Waals surface area contributed by atoms with Crippen LogP contribution in [-0.2, 0) is 0 Å². The van der Waals surface area contributed by atoms with Crippen molar-refractivity contribution in [1.82, 2.24) is 9.78 Å². The summed E-state index contributed by atoms with van der Waals surface area (Å²) >= 11 is 17.3. The molecule has 0 aliphatic carbocycles. The SMILES string of the molecule is ClCCOc1ccn(-c2ccc(Cl)c(Cl)c2)n1. The van der Waals surface area contributed by atoms with Crippen LogP contribution in [0.3, 0.4) is 0 Å². The molecule has 0 amide bonds. The predicted molar refractivity (Wildman–Crippen MR) is 69.8 cm³/mol. The molecule has 0 aliphatic heterocycles. The van der Waals surface area contributed by atoms with Crippen LogP contribution >= 0.6 is 34.8 Å². The summed E-state index contributed by atoms with van der Waals surface area (Å²) in [6.45, 7) is 0.430. The molecule has 1 aromatic heterocycles. The molecule has 1 aromatic carbocycles. The summed E-state index contributed by atoms with van der Waals surface area (Å²) in [6.07, 6.45) is 1.78. The molecule has 0 bridgehead atoms. The van der Waals surface area contributed by atoms with E-state index in [0.29, 0.717) is 28.4 Å². The van der Waals surface area contributed by atoms with Gasteiger partial charge in [-0.3, -0.25) is 0 Å². The molecule has 0 spiro atoms. The van der Waals surface area contributed by atoms with E-state index in [1.165, 1.54) is 0 Å². The molecule has 1 heterocycles. The van der Waals surface area contributed by atoms with Crippen molar-refractivity contribution in [3.63, 3.8) is 0 Å². The molecule has 0 saturated carbocycles. The molecule has 2 aromatic rings. The second-order valence-corrected chi connectivity index (χ2v) is 4.43. The van der Waals surface area contributed by atoms with Crippen LogP contribution in [0.1, 0.15) is 0 Å². The lowest BCUT2D eigenvalue weighted by Crippen LogP contribution is -2.00. The first-order valence-electron chi connectivity index (χ1n) is 4.90. The third-order valence-corrected chi connectivity index (χ3v) is 2.95. The Balaban J connectivity index is 2.21. The predicted octanol–water partition coefficient (Wildman–Crippen LogP) is 3.80. The minimum Gasteiger partial charge on any atom is -0.475 e. The molecule has 3 nitrogen and oxygen atoms in total. The Morgan fingerprint density at radius 1 is 1.18 bits per heavy atom. The lowest BCUT2D eigenvalue weighted by Gasteiger charge is -2.03. The summed E-state index contributed by atoms with van der Waals surface area (Å²) in [7, 11) is 0. The zero-order valence-electron chi connectivity index (χ0n) is 8.74. The highest BCUT2D eigenvalue weighted by atomic mass is 35.5. The Morgan fingerprint density at radius 3 is 2.71 bits per heavy atom. The Labute approximate surface area is 114 Å². The highest BCUT2D eigenvalue weighted by Crippen LogP contribution is 2.24. The van der Waals surface area contributed by atoms with Gasteiger partial charge in [-0.1, -0.05) is 23.2 Å². The minimum absolute atomic E-state index is 0.430. The zero-order valence-corrected chi connectivity index (χ0v) is 11.0. The number of hydrogen-bond donors (Lipinski definition) is 0. The number of rotatable bonds is 4. The first kappa shape index (κ1) is 12.6. The number of benzene rings is 1. The molecule has 0 fully saturated rings. The first-order valence-corrected chi connectivity index (χ1v) is 6.19. The Hall–Kier alpha value is -0.900. The molecule has 2 rings (SSSR count). The van der Waals surface area contributed by atoms with Crippen LogP contribution < -0.4 is 4.74 Å². The topological polar surface area (TPSA) is 27.1 Å². The fraction of sp³-hybridized carbons (Fsp3) is 0.182. The van der Waals surface area contributed by atoms with Crippen LogP contribution in [-0.4, -0.2) is 22.3 Å². The summed E-state index contributed by atoms with van der Waals surface area (Å²) in [5.74, 6) is 0.955. The number of alkyl halides is 1. The van der Waals surface area contributed by atoms with E-state index in [9.17, 15) is 0 Å². The van der Waals surface area contributed by atoms with E-state index in [1.54, 1.807) is 29.1 Å². The highest BCUT2D eigenvalue weighted by Gasteiger charge is 2.04. The minimum atomic E-state index is 0.430. The largest absolute Gasteiger partial charge is 0.475 e. The van der Waals surface area contributed by atoms with Crippen molar-refractivity contribution < 1.29 is 4.74 Å². The molecular weight excluding hydrogens is 282 g/mol. The molecule has 17 heavy (non-hydrogen) atoms. The standard InChI is InChI=1S/C11H9Cl3N2O/c12-4-6-17-11-3-5-16(15-11)8-1-2-9(13)10(14)7-8/h1-3,5,7H,4,6H2. The summed E-state index contributed by atoms with van der Waals surface area (Å²) in [6, 6.07) is 7.05. The van der Waals surface area contributed by atoms with Crippen molar-refractivity contribution in [3.8, 4) is 11.6 Å². The Kier molecular flexibility index (Phi) is 4.15. The van der Waals surface area contributed by atoms with Crippen LogP contribution in [0.4, 0.5) is 0 Å². The smallest absolute Gasteiger partial charge is 0.233 e. The van der Waals surface area contributed by atoms with E-state index in [-0.39, 0.29) is 0 Å². The molecule has 0 aliphatic rings. The fourth-order valence-corrected chi connectivity index (χ4v) is 1.67. The molecule has 0 N–H and O–H groups in total. The van der Waals surface area contributed by atoms with E-state index < -0.39 is 0 Å². The van der Waals surface area contributed by atoms with Crippen LogP contribution in [0.15, 0.2) is 30.5 Å². The number of hydrogen-bond acceptors (Lipinski definition) is 2. The monoisotopic (exact) mass is 290 g/mol. The van der Waals surface area contributed by atoms with E-state index >= 15 is 0 Å². The van der Waals surface area contributed by atoms with E-state index in [2.05, 4.69) is 5.10 Å². The summed E-state index contributed by atoms with van der Waals surface area (Å²) < 4.78 is 6.95. The van der Waals surface area contributed by atoms with Crippen molar-refractivity contribution >= 4 is 34.8 Å². The van der Waals surface area contributed by atoms with Crippen molar-refractivity contribution in [2.75, 3.05) is 12.5 Å². The van der Waals surface area contributed by atoms with Crippen molar-refractivity contribution in [3.05, 3.63) is 40.5 Å². The second kappa shape index (κ2) is 5.63. The molecule has 6 heteroatoms. The third-order valence-electron chi connectivity index (χ3n) is 2.06. The average Bonchev–Trinajstić information content (AvgIpc) is 2.79. The van der Waals surface area contributed by atoms with Crippen LogP contribution in [0.5, 0.6) is 5.88 Å². The van der Waals surface area contributed by atoms with Gasteiger partial charge >= 0.3 is 0 Å². The zero-order chi connectivity index (χ0) is 12.3. The number of nitrogens with zero attached hydrogens (tertiary/aromatic N) is 2. The van der Waals surface area contributed by atoms with Crippen molar-refractivity contribution in [2.45, 2.75) is 0 Å². The van der Waals surface area contributed by atoms with E-state index in [4.69, 9.17) is 39.5 Å². The maximum atomic E-state index is 5.93. The summed E-state index contributed by atoms with van der Waals surface area (Å²) in [5, 5.41) is 5.23. The second-order valence-electron chi connectivity index (χ2n) is 3.23. The van der Waals surface area contributed by atoms with Gasteiger partial charge in [-0.25, -0.2) is 4.68 Å². The number of ether oxygens (including phenoxy) is 1. The average molecular weight is 292 g/mol. The molecule has 0 atom stereocenters. The Bertz CT molecular complexity index is 513. The molecule has 0 unspecified atom stereocenters. The molecule has 0 radical (unpaired) electrons. The lowest BCUT2D eigenvalue weighted by molar-refractivity contribution is 0.327. The van der Waals surface area contributed by atoms with Gasteiger partial charge in [-0.05, 0) is 18.2 Å². The summed E-state index contributed by atoms with van der Waals surface area (Å²) in [5.41, 5.74) is 0.820. The number of aromatic nitrogens is 2. The van der Waals surface area contributed by atoms with E-state index in [0.717, 1.165) is 5.69 Å². The van der Waals surface area contributed by atoms with Crippen LogP contribution in [0, 0.1) is 0 Å². The normalized spacial score (nSPS) is 10.5. The van der Waals surface area contributed by atoms with Gasteiger partial charge in [-0.15, -0.1) is 16.7 Å².